The van der Waals surface area contributed by atoms with E-state index in [-0.39, 0.29) is 16.9 Å². The Balaban J connectivity index is 0.000000138. The highest BCUT2D eigenvalue weighted by Gasteiger charge is 2.62. The lowest BCUT2D eigenvalue weighted by atomic mass is 9.50. The van der Waals surface area contributed by atoms with Crippen LogP contribution in [0.4, 0.5) is 0 Å². The molecule has 8 aliphatic carbocycles. The molecule has 2 N–H and O–H groups in total. The zero-order valence-electron chi connectivity index (χ0n) is 26.0. The summed E-state index contributed by atoms with van der Waals surface area (Å²) in [6.07, 6.45) is 26.6. The van der Waals surface area contributed by atoms with Crippen molar-refractivity contribution in [1.82, 2.24) is 0 Å². The minimum absolute atomic E-state index is 0.0710. The van der Waals surface area contributed by atoms with Gasteiger partial charge >= 0.3 is 0 Å². The highest BCUT2D eigenvalue weighted by molar-refractivity contribution is 5.91. The maximum atomic E-state index is 11.7. The molecular weight excluding hydrogens is 520 g/mol. The Kier molecular flexibility index (Phi) is 7.22. The van der Waals surface area contributed by atoms with Crippen molar-refractivity contribution in [2.45, 2.75) is 128 Å². The molecule has 6 saturated carbocycles. The minimum Gasteiger partial charge on any atom is -0.393 e. The van der Waals surface area contributed by atoms with E-state index in [4.69, 9.17) is 6.42 Å². The van der Waals surface area contributed by atoms with Crippen molar-refractivity contribution in [3.63, 3.8) is 0 Å². The van der Waals surface area contributed by atoms with E-state index in [0.29, 0.717) is 41.2 Å². The number of carbonyl (C=O) groups excluding carboxylic acids is 2. The van der Waals surface area contributed by atoms with Crippen LogP contribution in [0.25, 0.3) is 0 Å². The largest absolute Gasteiger partial charge is 0.393 e. The van der Waals surface area contributed by atoms with E-state index in [1.807, 2.05) is 12.2 Å². The van der Waals surface area contributed by atoms with Crippen LogP contribution >= 0.6 is 0 Å². The Morgan fingerprint density at radius 3 is 1.86 bits per heavy atom. The zero-order chi connectivity index (χ0) is 29.4. The second kappa shape index (κ2) is 10.4. The molecule has 0 bridgehead atoms. The summed E-state index contributed by atoms with van der Waals surface area (Å²) < 4.78 is 0. The van der Waals surface area contributed by atoms with Gasteiger partial charge in [0.25, 0.3) is 0 Å². The fourth-order valence-electron chi connectivity index (χ4n) is 12.6. The van der Waals surface area contributed by atoms with Crippen LogP contribution in [0.5, 0.6) is 0 Å². The minimum atomic E-state index is -0.902. The number of fused-ring (bicyclic) bond motifs is 10. The van der Waals surface area contributed by atoms with Crippen molar-refractivity contribution in [3.05, 3.63) is 23.3 Å². The van der Waals surface area contributed by atoms with E-state index < -0.39 is 5.60 Å². The summed E-state index contributed by atoms with van der Waals surface area (Å²) in [5.41, 5.74) is 2.07. The van der Waals surface area contributed by atoms with Gasteiger partial charge in [-0.05, 0) is 155 Å². The van der Waals surface area contributed by atoms with E-state index in [0.717, 1.165) is 88.4 Å². The lowest BCUT2D eigenvalue weighted by molar-refractivity contribution is -0.117. The summed E-state index contributed by atoms with van der Waals surface area (Å²) in [7, 11) is 0. The van der Waals surface area contributed by atoms with Crippen molar-refractivity contribution < 1.29 is 19.8 Å². The highest BCUT2D eigenvalue weighted by Crippen LogP contribution is 2.65. The van der Waals surface area contributed by atoms with Crippen molar-refractivity contribution in [1.29, 1.82) is 0 Å². The Hall–Kier alpha value is -1.70. The first-order chi connectivity index (χ1) is 20.1. The van der Waals surface area contributed by atoms with Crippen LogP contribution in [0.3, 0.4) is 0 Å². The quantitative estimate of drug-likeness (QED) is 0.307. The van der Waals surface area contributed by atoms with Crippen LogP contribution in [0.15, 0.2) is 23.3 Å². The number of aliphatic hydroxyl groups excluding tert-OH is 1. The van der Waals surface area contributed by atoms with E-state index >= 15 is 0 Å². The molecule has 0 heterocycles. The smallest absolute Gasteiger partial charge is 0.155 e. The van der Waals surface area contributed by atoms with E-state index in [2.05, 4.69) is 19.8 Å². The number of rotatable bonds is 0. The normalized spacial score (nSPS) is 50.7. The summed E-state index contributed by atoms with van der Waals surface area (Å²) in [4.78, 5) is 23.3. The van der Waals surface area contributed by atoms with Crippen LogP contribution in [-0.4, -0.2) is 33.5 Å². The van der Waals surface area contributed by atoms with E-state index in [9.17, 15) is 19.8 Å². The van der Waals surface area contributed by atoms with Crippen LogP contribution in [0, 0.1) is 70.5 Å². The molecule has 0 saturated heterocycles. The number of allylic oxidation sites excluding steroid dienone is 2. The number of ketones is 2. The Morgan fingerprint density at radius 2 is 1.26 bits per heavy atom. The van der Waals surface area contributed by atoms with Crippen LogP contribution < -0.4 is 0 Å². The molecule has 42 heavy (non-hydrogen) atoms. The summed E-state index contributed by atoms with van der Waals surface area (Å²) >= 11 is 0. The van der Waals surface area contributed by atoms with Crippen LogP contribution in [-0.2, 0) is 9.59 Å². The highest BCUT2D eigenvalue weighted by atomic mass is 16.3. The molecule has 228 valence electrons. The van der Waals surface area contributed by atoms with Gasteiger partial charge in [0.2, 0.25) is 0 Å². The van der Waals surface area contributed by atoms with Gasteiger partial charge in [-0.25, -0.2) is 0 Å². The maximum absolute atomic E-state index is 11.7. The molecule has 0 aromatic heterocycles. The van der Waals surface area contributed by atoms with Gasteiger partial charge in [-0.2, -0.15) is 0 Å². The first-order valence-electron chi connectivity index (χ1n) is 17.4. The molecule has 0 radical (unpaired) electrons. The molecule has 4 heteroatoms. The molecule has 0 amide bonds. The first kappa shape index (κ1) is 29.0. The molecule has 6 fully saturated rings. The predicted molar refractivity (Wildman–Crippen MR) is 164 cm³/mol. The summed E-state index contributed by atoms with van der Waals surface area (Å²) in [5.74, 6) is 9.03. The Bertz CT molecular complexity index is 1240. The first-order valence-corrected chi connectivity index (χ1v) is 17.4. The lowest BCUT2D eigenvalue weighted by Gasteiger charge is -2.54. The lowest BCUT2D eigenvalue weighted by Crippen LogP contribution is -2.52. The number of aliphatic hydroxyl groups is 2. The van der Waals surface area contributed by atoms with Gasteiger partial charge < -0.3 is 10.2 Å². The fraction of sp³-hybridized carbons (Fsp3) is 0.789. The molecule has 8 aliphatic rings. The molecule has 12 atom stereocenters. The van der Waals surface area contributed by atoms with Crippen LogP contribution in [0.1, 0.15) is 117 Å². The number of terminal acetylenes is 1. The monoisotopic (exact) mass is 572 g/mol. The summed E-state index contributed by atoms with van der Waals surface area (Å²) in [6, 6.07) is 0. The average molecular weight is 573 g/mol. The molecule has 8 rings (SSSR count). The number of carbonyl (C=O) groups is 2. The van der Waals surface area contributed by atoms with Crippen molar-refractivity contribution in [3.8, 4) is 12.3 Å². The van der Waals surface area contributed by atoms with Gasteiger partial charge in [-0.1, -0.05) is 30.9 Å². The average Bonchev–Trinajstić information content (AvgIpc) is 3.44. The van der Waals surface area contributed by atoms with Gasteiger partial charge in [-0.15, -0.1) is 6.42 Å². The standard InChI is InChI=1S/C20H26O2.C18H26O2/c1-3-20(22)11-9-18-17-6-4-13-12-14(21)5-7-15(13)16(17)8-10-19(18,20)2;1-18-9-8-14-13-5-3-12(19)10-11(13)2-4-15(14)16(18)6-7-17(18)20/h1,12,15-18,22H,4-11H2,2H3;10,13-17,20H,2-9H2,1H3. The Labute approximate surface area is 253 Å². The second-order valence-electron chi connectivity index (χ2n) is 16.2. The fourth-order valence-corrected chi connectivity index (χ4v) is 12.6. The second-order valence-corrected chi connectivity index (χ2v) is 16.2. The van der Waals surface area contributed by atoms with Gasteiger partial charge in [-0.3, -0.25) is 9.59 Å². The van der Waals surface area contributed by atoms with Gasteiger partial charge in [0, 0.05) is 18.3 Å². The summed E-state index contributed by atoms with van der Waals surface area (Å²) in [6.45, 7) is 4.57. The predicted octanol–water partition coefficient (Wildman–Crippen LogP) is 6.98. The summed E-state index contributed by atoms with van der Waals surface area (Å²) in [5, 5.41) is 21.3. The third kappa shape index (κ3) is 4.30. The van der Waals surface area contributed by atoms with E-state index in [1.165, 1.54) is 43.3 Å². The van der Waals surface area contributed by atoms with Crippen LogP contribution in [0.2, 0.25) is 0 Å². The number of hydrogen-bond acceptors (Lipinski definition) is 4. The van der Waals surface area contributed by atoms with E-state index in [1.54, 1.807) is 0 Å². The van der Waals surface area contributed by atoms with Crippen molar-refractivity contribution in [2.24, 2.45) is 58.2 Å². The zero-order valence-corrected chi connectivity index (χ0v) is 26.0. The molecule has 0 spiro atoms. The van der Waals surface area contributed by atoms with Crippen molar-refractivity contribution in [2.75, 3.05) is 0 Å². The molecule has 4 nitrogen and oxygen atoms in total. The van der Waals surface area contributed by atoms with Crippen molar-refractivity contribution >= 4 is 11.6 Å². The van der Waals surface area contributed by atoms with Gasteiger partial charge in [0.15, 0.2) is 11.6 Å². The topological polar surface area (TPSA) is 74.6 Å². The maximum Gasteiger partial charge on any atom is 0.155 e. The SMILES string of the molecule is C#CC1(O)CCC2C3CCC4=CC(=O)CCC4C3CCC21C.CC12CCC3C4CCC(=O)C=C4CCC3C1CCC2O. The molecule has 0 aromatic carbocycles. The molecule has 12 unspecified atom stereocenters. The third-order valence-electron chi connectivity index (χ3n) is 14.9. The van der Waals surface area contributed by atoms with Gasteiger partial charge in [0.1, 0.15) is 5.60 Å². The van der Waals surface area contributed by atoms with Gasteiger partial charge in [0.05, 0.1) is 6.10 Å². The third-order valence-corrected chi connectivity index (χ3v) is 14.9. The molecule has 0 aromatic rings. The Morgan fingerprint density at radius 1 is 0.690 bits per heavy atom. The molecular formula is C38H52O4. The molecule has 0 aliphatic heterocycles. The number of hydrogen-bond donors (Lipinski definition) is 2.